The van der Waals surface area contributed by atoms with Gasteiger partial charge in [0, 0.05) is 29.9 Å². The summed E-state index contributed by atoms with van der Waals surface area (Å²) in [6, 6.07) is 0. The average Bonchev–Trinajstić information content (AvgIpc) is 2.55. The van der Waals surface area contributed by atoms with Crippen molar-refractivity contribution in [3.8, 4) is 5.75 Å². The van der Waals surface area contributed by atoms with Gasteiger partial charge in [0.2, 0.25) is 0 Å². The summed E-state index contributed by atoms with van der Waals surface area (Å²) in [6.07, 6.45) is 3.51. The number of rotatable bonds is 10. The van der Waals surface area contributed by atoms with Crippen LogP contribution in [0.2, 0.25) is 0 Å². The van der Waals surface area contributed by atoms with Gasteiger partial charge in [-0.2, -0.15) is 0 Å². The maximum atomic E-state index is 11.2. The number of carbonyl (C=O) groups is 1. The summed E-state index contributed by atoms with van der Waals surface area (Å²) in [5.41, 5.74) is 5.43. The molecule has 0 unspecified atom stereocenters. The molecule has 12 heteroatoms. The number of carboxylic acids is 1. The summed E-state index contributed by atoms with van der Waals surface area (Å²) in [7, 11) is -4.73. The Balaban J connectivity index is 3.07. The summed E-state index contributed by atoms with van der Waals surface area (Å²) < 4.78 is 20.2. The first-order valence-electron chi connectivity index (χ1n) is 7.28. The lowest BCUT2D eigenvalue weighted by molar-refractivity contribution is -0.129. The number of phosphoric acid groups is 1. The van der Waals surface area contributed by atoms with Gasteiger partial charge in [0.15, 0.2) is 0 Å². The van der Waals surface area contributed by atoms with Gasteiger partial charge in [-0.15, -0.1) is 0 Å². The molecule has 0 fully saturated rings. The van der Waals surface area contributed by atoms with Crippen LogP contribution in [0, 0.1) is 6.92 Å². The van der Waals surface area contributed by atoms with Crippen molar-refractivity contribution in [2.45, 2.75) is 20.1 Å². The van der Waals surface area contributed by atoms with Crippen LogP contribution in [-0.2, 0) is 31.8 Å². The monoisotopic (exact) mass is 389 g/mol. The summed E-state index contributed by atoms with van der Waals surface area (Å²) in [5, 5.41) is 19.3. The number of carboxylic acid groups (broad SMARTS) is 1. The van der Waals surface area contributed by atoms with Gasteiger partial charge in [0.05, 0.1) is 31.7 Å². The molecule has 0 amide bonds. The molecule has 144 valence electrons. The largest absolute Gasteiger partial charge is 0.506 e. The van der Waals surface area contributed by atoms with Crippen molar-refractivity contribution in [2.24, 2.45) is 10.7 Å². The van der Waals surface area contributed by atoms with Crippen LogP contribution in [0.4, 0.5) is 0 Å². The van der Waals surface area contributed by atoms with Crippen LogP contribution in [0.3, 0.4) is 0 Å². The summed E-state index contributed by atoms with van der Waals surface area (Å²) in [5.74, 6) is -1.59. The molecule has 0 aliphatic rings. The first-order valence-corrected chi connectivity index (χ1v) is 8.81. The molecule has 26 heavy (non-hydrogen) atoms. The minimum Gasteiger partial charge on any atom is -0.506 e. The van der Waals surface area contributed by atoms with E-state index in [0.717, 1.165) is 12.3 Å². The number of aromatic nitrogens is 1. The topological polar surface area (TPSA) is 185 Å². The van der Waals surface area contributed by atoms with Gasteiger partial charge >= 0.3 is 13.8 Å². The molecule has 0 spiro atoms. The maximum Gasteiger partial charge on any atom is 0.469 e. The third-order valence-corrected chi connectivity index (χ3v) is 3.47. The molecule has 0 aromatic carbocycles. The third-order valence-electron chi connectivity index (χ3n) is 3.00. The molecule has 0 atom stereocenters. The molecule has 1 aromatic heterocycles. The van der Waals surface area contributed by atoms with E-state index in [0.29, 0.717) is 0 Å². The fourth-order valence-corrected chi connectivity index (χ4v) is 2.05. The predicted molar refractivity (Wildman–Crippen MR) is 90.4 cm³/mol. The molecule has 1 rings (SSSR count). The van der Waals surface area contributed by atoms with E-state index in [-0.39, 0.29) is 48.0 Å². The Kier molecular flexibility index (Phi) is 8.36. The molecule has 1 heterocycles. The van der Waals surface area contributed by atoms with Crippen molar-refractivity contribution >= 4 is 19.5 Å². The van der Waals surface area contributed by atoms with Gasteiger partial charge in [-0.25, -0.2) is 9.36 Å². The van der Waals surface area contributed by atoms with Crippen molar-refractivity contribution in [2.75, 3.05) is 13.2 Å². The average molecular weight is 389 g/mol. The van der Waals surface area contributed by atoms with Crippen LogP contribution >= 0.6 is 7.82 Å². The van der Waals surface area contributed by atoms with E-state index in [2.05, 4.69) is 14.5 Å². The van der Waals surface area contributed by atoms with E-state index in [4.69, 9.17) is 25.4 Å². The normalized spacial score (nSPS) is 12.5. The fourth-order valence-electron chi connectivity index (χ4n) is 1.74. The first kappa shape index (κ1) is 21.7. The molecule has 0 aliphatic heterocycles. The zero-order valence-electron chi connectivity index (χ0n) is 13.9. The van der Waals surface area contributed by atoms with E-state index < -0.39 is 20.4 Å². The molecule has 0 aliphatic carbocycles. The molecule has 1 aromatic rings. The number of ether oxygens (including phenoxy) is 1. The predicted octanol–water partition coefficient (Wildman–Crippen LogP) is 0.220. The first-order chi connectivity index (χ1) is 12.2. The Hall–Kier alpha value is -2.30. The number of hydrogen-bond donors (Lipinski definition) is 5. The molecular formula is C14H20N3O8P. The smallest absolute Gasteiger partial charge is 0.469 e. The zero-order valence-corrected chi connectivity index (χ0v) is 14.8. The number of aryl methyl sites for hydroxylation is 1. The standard InChI is InChI=1S/C14H20N3O8P/c1-9-13(18)11(10(6-16-9)8-25-26(21,22)23)7-17-12(14(19)20)2-4-24-5-3-15/h2,4,6,18H,3,5,7-8,15H2,1H3,(H,19,20)(H2,21,22,23)/b4-2-,17-12?. The highest BCUT2D eigenvalue weighted by Crippen LogP contribution is 2.38. The molecule has 0 bridgehead atoms. The van der Waals surface area contributed by atoms with Gasteiger partial charge < -0.3 is 30.5 Å². The van der Waals surface area contributed by atoms with Gasteiger partial charge in [-0.3, -0.25) is 14.5 Å². The maximum absolute atomic E-state index is 11.2. The zero-order chi connectivity index (χ0) is 19.7. The summed E-state index contributed by atoms with van der Waals surface area (Å²) in [6.45, 7) is 1.16. The van der Waals surface area contributed by atoms with Crippen molar-refractivity contribution in [3.63, 3.8) is 0 Å². The molecule has 0 saturated carbocycles. The van der Waals surface area contributed by atoms with Crippen molar-refractivity contribution < 1.29 is 38.6 Å². The second-order valence-corrected chi connectivity index (χ2v) is 6.17. The fraction of sp³-hybridized carbons (Fsp3) is 0.357. The number of phosphoric ester groups is 1. The number of hydrogen-bond acceptors (Lipinski definition) is 8. The van der Waals surface area contributed by atoms with E-state index in [1.165, 1.54) is 13.1 Å². The second kappa shape index (κ2) is 10.00. The van der Waals surface area contributed by atoms with Crippen LogP contribution < -0.4 is 5.73 Å². The Morgan fingerprint density at radius 2 is 2.15 bits per heavy atom. The highest BCUT2D eigenvalue weighted by Gasteiger charge is 2.18. The van der Waals surface area contributed by atoms with Crippen LogP contribution in [0.5, 0.6) is 5.75 Å². The van der Waals surface area contributed by atoms with Crippen molar-refractivity contribution in [1.29, 1.82) is 0 Å². The molecular weight excluding hydrogens is 369 g/mol. The summed E-state index contributed by atoms with van der Waals surface area (Å²) >= 11 is 0. The van der Waals surface area contributed by atoms with Gasteiger partial charge in [-0.05, 0) is 6.92 Å². The highest BCUT2D eigenvalue weighted by molar-refractivity contribution is 7.46. The quantitative estimate of drug-likeness (QED) is 0.160. The Morgan fingerprint density at radius 3 is 2.73 bits per heavy atom. The lowest BCUT2D eigenvalue weighted by Crippen LogP contribution is -2.12. The number of aliphatic carboxylic acids is 1. The minimum atomic E-state index is -4.73. The molecule has 11 nitrogen and oxygen atoms in total. The van der Waals surface area contributed by atoms with Crippen LogP contribution in [0.15, 0.2) is 23.5 Å². The van der Waals surface area contributed by atoms with Crippen LogP contribution in [-0.4, -0.2) is 49.8 Å². The molecule has 6 N–H and O–H groups in total. The van der Waals surface area contributed by atoms with Crippen molar-refractivity contribution in [1.82, 2.24) is 4.98 Å². The van der Waals surface area contributed by atoms with Gasteiger partial charge in [-0.1, -0.05) is 0 Å². The Bertz CT molecular complexity index is 744. The number of nitrogens with zero attached hydrogens (tertiary/aromatic N) is 2. The number of aromatic hydroxyl groups is 1. The van der Waals surface area contributed by atoms with Crippen LogP contribution in [0.25, 0.3) is 0 Å². The third kappa shape index (κ3) is 7.30. The van der Waals surface area contributed by atoms with E-state index in [1.807, 2.05) is 0 Å². The number of nitrogens with two attached hydrogens (primary N) is 1. The number of aliphatic imine (C=N–C) groups is 1. The number of pyridine rings is 1. The van der Waals surface area contributed by atoms with E-state index >= 15 is 0 Å². The molecule has 0 radical (unpaired) electrons. The van der Waals surface area contributed by atoms with Crippen molar-refractivity contribution in [3.05, 3.63) is 35.4 Å². The second-order valence-electron chi connectivity index (χ2n) is 4.93. The minimum absolute atomic E-state index is 0.140. The molecule has 0 saturated heterocycles. The lowest BCUT2D eigenvalue weighted by atomic mass is 10.1. The van der Waals surface area contributed by atoms with E-state index in [9.17, 15) is 14.5 Å². The Morgan fingerprint density at radius 1 is 1.46 bits per heavy atom. The SMILES string of the molecule is Cc1ncc(COP(=O)(O)O)c(CN=C(/C=C\OCCN)C(=O)O)c1O. The van der Waals surface area contributed by atoms with Crippen LogP contribution in [0.1, 0.15) is 16.8 Å². The Labute approximate surface area is 149 Å². The van der Waals surface area contributed by atoms with Gasteiger partial charge in [0.1, 0.15) is 11.5 Å². The lowest BCUT2D eigenvalue weighted by Gasteiger charge is -2.12. The summed E-state index contributed by atoms with van der Waals surface area (Å²) in [4.78, 5) is 36.6. The van der Waals surface area contributed by atoms with E-state index in [1.54, 1.807) is 0 Å². The highest BCUT2D eigenvalue weighted by atomic mass is 31.2. The van der Waals surface area contributed by atoms with Gasteiger partial charge in [0.25, 0.3) is 0 Å².